The molecule has 2 fully saturated rings. The second kappa shape index (κ2) is 25.9. The Morgan fingerprint density at radius 2 is 1.54 bits per heavy atom. The number of benzene rings is 1. The van der Waals surface area contributed by atoms with E-state index in [-0.39, 0.29) is 19.8 Å². The first-order valence-electron chi connectivity index (χ1n) is 20.5. The van der Waals surface area contributed by atoms with E-state index in [0.717, 1.165) is 30.0 Å². The summed E-state index contributed by atoms with van der Waals surface area (Å²) in [5.41, 5.74) is -0.673. The number of carbonyl (C=O) groups is 5. The van der Waals surface area contributed by atoms with Gasteiger partial charge in [-0.05, 0) is 49.5 Å². The molecule has 22 nitrogen and oxygen atoms in total. The van der Waals surface area contributed by atoms with Gasteiger partial charge in [0.2, 0.25) is 5.91 Å². The zero-order valence-electron chi connectivity index (χ0n) is 36.4. The van der Waals surface area contributed by atoms with Crippen LogP contribution in [0, 0.1) is 5.92 Å². The Labute approximate surface area is 384 Å². The lowest BCUT2D eigenvalue weighted by Gasteiger charge is -2.44. The quantitative estimate of drug-likeness (QED) is 0.0408. The third kappa shape index (κ3) is 17.3. The molecule has 360 valence electrons. The van der Waals surface area contributed by atoms with E-state index in [9.17, 15) is 38.5 Å². The summed E-state index contributed by atoms with van der Waals surface area (Å²) >= 11 is 10.8. The molecule has 0 saturated carbocycles. The molecule has 0 spiro atoms. The number of H-pyrrole nitrogens is 1. The molecule has 1 aromatic carbocycles. The zero-order valence-corrected chi connectivity index (χ0v) is 38.9. The number of hydrogen-bond donors (Lipinski definition) is 4. The minimum Gasteiger partial charge on any atom is -0.463 e. The number of hydrogen-bond acceptors (Lipinski definition) is 19. The lowest BCUT2D eigenvalue weighted by atomic mass is 9.94. The van der Waals surface area contributed by atoms with Crippen molar-refractivity contribution >= 4 is 65.7 Å². The summed E-state index contributed by atoms with van der Waals surface area (Å²) in [6.07, 6.45) is -5.59. The van der Waals surface area contributed by atoms with Crippen LogP contribution in [0.15, 0.2) is 52.2 Å². The highest BCUT2D eigenvalue weighted by Crippen LogP contribution is 2.50. The maximum Gasteiger partial charge on any atom is 0.508 e. The molecule has 0 aliphatic carbocycles. The molecule has 2 aromatic rings. The van der Waals surface area contributed by atoms with Crippen molar-refractivity contribution in [2.45, 2.75) is 115 Å². The second-order valence-electron chi connectivity index (χ2n) is 14.8. The van der Waals surface area contributed by atoms with Crippen molar-refractivity contribution in [2.75, 3.05) is 33.5 Å². The van der Waals surface area contributed by atoms with Gasteiger partial charge in [0.1, 0.15) is 50.4 Å². The predicted molar refractivity (Wildman–Crippen MR) is 233 cm³/mol. The Balaban J connectivity index is 1.35. The second-order valence-corrected chi connectivity index (χ2v) is 18.2. The van der Waals surface area contributed by atoms with Gasteiger partial charge in [0, 0.05) is 66.1 Å². The molecule has 4 rings (SSSR count). The van der Waals surface area contributed by atoms with Gasteiger partial charge in [-0.15, -0.1) is 0 Å². The van der Waals surface area contributed by atoms with Gasteiger partial charge in [0.15, 0.2) is 18.5 Å². The van der Waals surface area contributed by atoms with Crippen LogP contribution in [0.5, 0.6) is 0 Å². The summed E-state index contributed by atoms with van der Waals surface area (Å²) in [4.78, 5) is 98.9. The van der Waals surface area contributed by atoms with Crippen LogP contribution in [-0.2, 0) is 84.5 Å². The monoisotopic (exact) mass is 974 g/mol. The summed E-state index contributed by atoms with van der Waals surface area (Å²) in [6, 6.07) is 8.98. The molecule has 25 heteroatoms. The Morgan fingerprint density at radius 3 is 2.18 bits per heavy atom. The Morgan fingerprint density at radius 1 is 0.862 bits per heavy atom. The summed E-state index contributed by atoms with van der Waals surface area (Å²) in [6.45, 7) is 0.494. The van der Waals surface area contributed by atoms with E-state index in [1.54, 1.807) is 24.3 Å². The molecule has 2 aliphatic heterocycles. The number of aromatic amines is 1. The number of aromatic nitrogens is 2. The van der Waals surface area contributed by atoms with Gasteiger partial charge in [-0.3, -0.25) is 33.5 Å². The van der Waals surface area contributed by atoms with Gasteiger partial charge < -0.3 is 62.5 Å². The largest absolute Gasteiger partial charge is 0.508 e. The maximum atomic E-state index is 13.0. The van der Waals surface area contributed by atoms with E-state index in [2.05, 4.69) is 15.6 Å². The molecule has 10 atom stereocenters. The molecule has 0 radical (unpaired) electrons. The Bertz CT molecular complexity index is 2110. The highest BCUT2D eigenvalue weighted by atomic mass is 32.5. The number of unbranched alkanes of at least 4 members (excludes halogenated alkanes) is 1. The number of nitrogens with one attached hydrogen (secondary N) is 3. The lowest BCUT2D eigenvalue weighted by Crippen LogP contribution is -2.66. The van der Waals surface area contributed by atoms with Crippen molar-refractivity contribution in [1.82, 2.24) is 20.2 Å². The highest BCUT2D eigenvalue weighted by Gasteiger charge is 2.52. The third-order valence-electron chi connectivity index (χ3n) is 9.83. The fourth-order valence-electron chi connectivity index (χ4n) is 7.06. The summed E-state index contributed by atoms with van der Waals surface area (Å²) in [7, 11) is 1.18. The standard InChI is InChI=1S/C40H55N4O18PS2/c1-23(45)42-33-36(59-26(4)48)35(58-25(3)47)30(21-55-24(2)46)61-38(33)54-19-10-9-15-32(64)41-17-11-14-28-34(62-63(52,65)53-5)29(60-37(28)44-18-16-31(49)43-39(44)50)22-57-40(51)56-20-27-12-7-6-8-13-27/h6-8,12-13,16,18,28-30,33-38H,9-11,14-15,17,19-22H2,1-5H3,(H,41,64)(H,42,45)(H,52,65)(H,43,49,50)/t28-,29+,30+,33+,34?,35-,36+,37+,38+,63?/m0/s1. The molecular weight excluding hydrogens is 920 g/mol. The van der Waals surface area contributed by atoms with E-state index in [1.807, 2.05) is 6.07 Å². The molecule has 2 aliphatic rings. The van der Waals surface area contributed by atoms with Crippen LogP contribution in [0.1, 0.15) is 71.6 Å². The molecule has 1 aromatic heterocycles. The molecule has 2 unspecified atom stereocenters. The van der Waals surface area contributed by atoms with Crippen LogP contribution in [-0.4, -0.2) is 126 Å². The molecule has 2 saturated heterocycles. The molecule has 1 amide bonds. The topological polar surface area (TPSA) is 277 Å². The SMILES string of the molecule is COP(O)(=S)OC1[C@@H](COC(=O)OCc2ccccc2)O[C@@H](n2ccc(=O)[nH]c2=O)[C@H]1CCCNC(=S)CCCCO[C@@H]1O[C@H](COC(C)=O)[C@H](OC(C)=O)[C@H](OC(C)=O)[C@H]1NC(C)=O. The van der Waals surface area contributed by atoms with Crippen molar-refractivity contribution in [3.8, 4) is 0 Å². The van der Waals surface area contributed by atoms with Crippen LogP contribution in [0.25, 0.3) is 0 Å². The van der Waals surface area contributed by atoms with E-state index in [0.29, 0.717) is 43.6 Å². The lowest BCUT2D eigenvalue weighted by molar-refractivity contribution is -0.277. The van der Waals surface area contributed by atoms with Gasteiger partial charge in [-0.2, -0.15) is 0 Å². The van der Waals surface area contributed by atoms with Gasteiger partial charge >= 0.3 is 36.5 Å². The zero-order chi connectivity index (χ0) is 47.7. The van der Waals surface area contributed by atoms with Gasteiger partial charge in [0.05, 0.1) is 4.99 Å². The van der Waals surface area contributed by atoms with Crippen molar-refractivity contribution in [3.63, 3.8) is 0 Å². The minimum atomic E-state index is -3.85. The summed E-state index contributed by atoms with van der Waals surface area (Å²) < 4.78 is 57.0. The first kappa shape index (κ1) is 53.0. The first-order valence-corrected chi connectivity index (χ1v) is 23.5. The molecule has 4 N–H and O–H groups in total. The van der Waals surface area contributed by atoms with Crippen molar-refractivity contribution < 1.29 is 75.8 Å². The summed E-state index contributed by atoms with van der Waals surface area (Å²) in [5, 5.41) is 5.84. The first-order chi connectivity index (χ1) is 30.9. The van der Waals surface area contributed by atoms with Crippen molar-refractivity contribution in [3.05, 3.63) is 69.0 Å². The number of amides is 1. The van der Waals surface area contributed by atoms with Crippen molar-refractivity contribution in [1.29, 1.82) is 0 Å². The van der Waals surface area contributed by atoms with E-state index in [1.165, 1.54) is 27.2 Å². The number of rotatable bonds is 23. The fraction of sp³-hybridized carbons (Fsp3) is 0.600. The Hall–Kier alpha value is -4.65. The average Bonchev–Trinajstić information content (AvgIpc) is 3.56. The smallest absolute Gasteiger partial charge is 0.463 e. The van der Waals surface area contributed by atoms with Crippen LogP contribution in [0.4, 0.5) is 4.79 Å². The number of esters is 3. The third-order valence-corrected chi connectivity index (χ3v) is 11.9. The summed E-state index contributed by atoms with van der Waals surface area (Å²) in [5.74, 6) is -3.30. The molecule has 0 bridgehead atoms. The predicted octanol–water partition coefficient (Wildman–Crippen LogP) is 2.19. The van der Waals surface area contributed by atoms with E-state index in [4.69, 9.17) is 71.0 Å². The normalized spacial score (nSPS) is 24.7. The minimum absolute atomic E-state index is 0.0523. The van der Waals surface area contributed by atoms with E-state index >= 15 is 0 Å². The fourth-order valence-corrected chi connectivity index (χ4v) is 8.29. The number of nitrogens with zero attached hydrogens (tertiary/aromatic N) is 1. The number of thiocarbonyl (C=S) groups is 1. The van der Waals surface area contributed by atoms with Crippen LogP contribution in [0.3, 0.4) is 0 Å². The molecule has 65 heavy (non-hydrogen) atoms. The maximum absolute atomic E-state index is 13.0. The van der Waals surface area contributed by atoms with E-state index < -0.39 is 110 Å². The van der Waals surface area contributed by atoms with Crippen molar-refractivity contribution in [2.24, 2.45) is 5.92 Å². The van der Waals surface area contributed by atoms with Gasteiger partial charge in [-0.1, -0.05) is 42.5 Å². The van der Waals surface area contributed by atoms with Crippen LogP contribution in [0.2, 0.25) is 0 Å². The number of carbonyl (C=O) groups excluding carboxylic acids is 5. The number of ether oxygens (including phenoxy) is 8. The molecule has 3 heterocycles. The average molecular weight is 975 g/mol. The molecular formula is C40H55N4O18PS2. The highest BCUT2D eigenvalue weighted by molar-refractivity contribution is 8.07. The van der Waals surface area contributed by atoms with Gasteiger partial charge in [-0.25, -0.2) is 9.59 Å². The van der Waals surface area contributed by atoms with Gasteiger partial charge in [0.25, 0.3) is 5.56 Å². The van der Waals surface area contributed by atoms with Crippen LogP contribution >= 0.6 is 18.9 Å². The Kier molecular flexibility index (Phi) is 21.1. The van der Waals surface area contributed by atoms with Crippen LogP contribution < -0.4 is 21.9 Å².